The van der Waals surface area contributed by atoms with Gasteiger partial charge in [0, 0.05) is 56.0 Å². The summed E-state index contributed by atoms with van der Waals surface area (Å²) in [6, 6.07) is 20.2. The molecule has 3 aromatic rings. The highest BCUT2D eigenvalue weighted by atomic mass is 16.3. The van der Waals surface area contributed by atoms with Gasteiger partial charge in [-0.2, -0.15) is 0 Å². The highest BCUT2D eigenvalue weighted by Gasteiger charge is 2.34. The first kappa shape index (κ1) is 23.0. The lowest BCUT2D eigenvalue weighted by Gasteiger charge is -2.35. The molecule has 1 amide bonds. The number of nitrogens with zero attached hydrogens (tertiary/aromatic N) is 2. The number of aliphatic hydroxyl groups excluding tert-OH is 1. The van der Waals surface area contributed by atoms with Crippen LogP contribution in [0.25, 0.3) is 0 Å². The van der Waals surface area contributed by atoms with Gasteiger partial charge < -0.3 is 15.3 Å². The van der Waals surface area contributed by atoms with Crippen LogP contribution in [-0.4, -0.2) is 71.7 Å². The van der Waals surface area contributed by atoms with E-state index in [0.29, 0.717) is 35.5 Å². The molecule has 7 heteroatoms. The first-order chi connectivity index (χ1) is 17.1. The molecule has 0 bridgehead atoms. The Morgan fingerprint density at radius 1 is 0.800 bits per heavy atom. The number of amides is 1. The minimum atomic E-state index is -0.294. The van der Waals surface area contributed by atoms with E-state index >= 15 is 0 Å². The second-order valence-corrected chi connectivity index (χ2v) is 8.82. The van der Waals surface area contributed by atoms with Gasteiger partial charge in [-0.1, -0.05) is 54.6 Å². The molecule has 1 heterocycles. The largest absolute Gasteiger partial charge is 0.395 e. The molecule has 3 aromatic carbocycles. The van der Waals surface area contributed by atoms with E-state index in [1.165, 1.54) is 5.56 Å². The van der Waals surface area contributed by atoms with Crippen molar-refractivity contribution in [2.75, 3.05) is 44.6 Å². The number of benzene rings is 3. The van der Waals surface area contributed by atoms with Crippen molar-refractivity contribution < 1.29 is 19.5 Å². The fraction of sp³-hybridized carbons (Fsp3) is 0.250. The van der Waals surface area contributed by atoms with Gasteiger partial charge in [-0.25, -0.2) is 0 Å². The summed E-state index contributed by atoms with van der Waals surface area (Å²) in [4.78, 5) is 44.2. The zero-order valence-corrected chi connectivity index (χ0v) is 19.4. The maximum atomic E-state index is 13.6. The lowest BCUT2D eigenvalue weighted by atomic mass is 9.82. The van der Waals surface area contributed by atoms with Gasteiger partial charge >= 0.3 is 0 Å². The van der Waals surface area contributed by atoms with Crippen molar-refractivity contribution in [3.8, 4) is 0 Å². The third-order valence-electron chi connectivity index (χ3n) is 6.65. The van der Waals surface area contributed by atoms with Crippen molar-refractivity contribution in [3.63, 3.8) is 0 Å². The second-order valence-electron chi connectivity index (χ2n) is 8.82. The number of nitrogens with one attached hydrogen (secondary N) is 1. The minimum Gasteiger partial charge on any atom is -0.395 e. The molecular weight excluding hydrogens is 442 g/mol. The highest BCUT2D eigenvalue weighted by Crippen LogP contribution is 2.35. The molecule has 0 radical (unpaired) electrons. The van der Waals surface area contributed by atoms with Crippen LogP contribution in [0.5, 0.6) is 0 Å². The molecule has 0 spiro atoms. The molecule has 2 aliphatic rings. The number of hydrogen-bond donors (Lipinski definition) is 2. The molecule has 0 unspecified atom stereocenters. The van der Waals surface area contributed by atoms with Crippen LogP contribution < -0.4 is 5.32 Å². The predicted octanol–water partition coefficient (Wildman–Crippen LogP) is 2.82. The van der Waals surface area contributed by atoms with Crippen LogP contribution in [0.3, 0.4) is 0 Å². The van der Waals surface area contributed by atoms with Crippen LogP contribution in [0.2, 0.25) is 0 Å². The van der Waals surface area contributed by atoms with Gasteiger partial charge in [-0.15, -0.1) is 0 Å². The maximum Gasteiger partial charge on any atom is 0.256 e. The number of anilines is 1. The van der Waals surface area contributed by atoms with Gasteiger partial charge in [0.25, 0.3) is 5.91 Å². The van der Waals surface area contributed by atoms with E-state index in [0.717, 1.165) is 19.6 Å². The molecule has 0 aromatic heterocycles. The van der Waals surface area contributed by atoms with Crippen molar-refractivity contribution in [3.05, 3.63) is 100 Å². The van der Waals surface area contributed by atoms with E-state index in [1.54, 1.807) is 41.3 Å². The van der Waals surface area contributed by atoms with Gasteiger partial charge in [0.05, 0.1) is 23.4 Å². The summed E-state index contributed by atoms with van der Waals surface area (Å²) in [7, 11) is 0. The summed E-state index contributed by atoms with van der Waals surface area (Å²) in [5.41, 5.74) is 3.08. The Bertz CT molecular complexity index is 1280. The van der Waals surface area contributed by atoms with E-state index < -0.39 is 0 Å². The van der Waals surface area contributed by atoms with Crippen LogP contribution in [0.1, 0.15) is 47.8 Å². The van der Waals surface area contributed by atoms with E-state index in [4.69, 9.17) is 0 Å². The maximum absolute atomic E-state index is 13.6. The van der Waals surface area contributed by atoms with Crippen molar-refractivity contribution in [2.24, 2.45) is 0 Å². The predicted molar refractivity (Wildman–Crippen MR) is 133 cm³/mol. The molecule has 1 aliphatic carbocycles. The molecule has 1 saturated heterocycles. The number of piperazine rings is 1. The molecule has 0 atom stereocenters. The van der Waals surface area contributed by atoms with E-state index in [-0.39, 0.29) is 41.8 Å². The first-order valence-electron chi connectivity index (χ1n) is 11.8. The lowest BCUT2D eigenvalue weighted by molar-refractivity contribution is 0.0629. The minimum absolute atomic E-state index is 0.157. The van der Waals surface area contributed by atoms with Crippen LogP contribution in [0.15, 0.2) is 66.7 Å². The number of rotatable bonds is 6. The quantitative estimate of drug-likeness (QED) is 0.451. The Hall–Kier alpha value is -3.81. The molecule has 7 nitrogen and oxygen atoms in total. The first-order valence-corrected chi connectivity index (χ1v) is 11.8. The molecule has 1 fully saturated rings. The number of hydrogen-bond acceptors (Lipinski definition) is 6. The summed E-state index contributed by atoms with van der Waals surface area (Å²) in [6.07, 6.45) is 0. The van der Waals surface area contributed by atoms with Crippen molar-refractivity contribution >= 4 is 23.2 Å². The summed E-state index contributed by atoms with van der Waals surface area (Å²) in [6.45, 7) is 3.45. The van der Waals surface area contributed by atoms with E-state index in [1.807, 2.05) is 18.2 Å². The van der Waals surface area contributed by atoms with Gasteiger partial charge in [0.1, 0.15) is 0 Å². The topological polar surface area (TPSA) is 90.0 Å². The molecule has 178 valence electrons. The van der Waals surface area contributed by atoms with Crippen LogP contribution in [-0.2, 0) is 6.54 Å². The molecule has 5 rings (SSSR count). The number of aliphatic hydroxyl groups is 1. The van der Waals surface area contributed by atoms with E-state index in [2.05, 4.69) is 22.3 Å². The molecule has 0 saturated carbocycles. The zero-order valence-electron chi connectivity index (χ0n) is 19.4. The zero-order chi connectivity index (χ0) is 24.4. The second kappa shape index (κ2) is 9.82. The Morgan fingerprint density at radius 2 is 1.46 bits per heavy atom. The Morgan fingerprint density at radius 3 is 2.14 bits per heavy atom. The number of carbonyl (C=O) groups is 3. The monoisotopic (exact) mass is 469 g/mol. The van der Waals surface area contributed by atoms with Crippen LogP contribution >= 0.6 is 0 Å². The summed E-state index contributed by atoms with van der Waals surface area (Å²) >= 11 is 0. The smallest absolute Gasteiger partial charge is 0.256 e. The van der Waals surface area contributed by atoms with Crippen molar-refractivity contribution in [2.45, 2.75) is 6.54 Å². The summed E-state index contributed by atoms with van der Waals surface area (Å²) < 4.78 is 0. The van der Waals surface area contributed by atoms with Gasteiger partial charge in [0.15, 0.2) is 11.6 Å². The third-order valence-corrected chi connectivity index (χ3v) is 6.65. The molecule has 2 N–H and O–H groups in total. The number of carbonyl (C=O) groups excluding carboxylic acids is 3. The average molecular weight is 470 g/mol. The van der Waals surface area contributed by atoms with Crippen LogP contribution in [0, 0.1) is 0 Å². The Labute approximate surface area is 204 Å². The summed E-state index contributed by atoms with van der Waals surface area (Å²) in [5.74, 6) is -0.722. The van der Waals surface area contributed by atoms with Crippen LogP contribution in [0.4, 0.5) is 5.69 Å². The average Bonchev–Trinajstić information content (AvgIpc) is 2.90. The summed E-state index contributed by atoms with van der Waals surface area (Å²) in [5, 5.41) is 12.5. The fourth-order valence-corrected chi connectivity index (χ4v) is 4.85. The van der Waals surface area contributed by atoms with Crippen molar-refractivity contribution in [1.82, 2.24) is 9.80 Å². The van der Waals surface area contributed by atoms with Gasteiger partial charge in [-0.3, -0.25) is 19.3 Å². The number of fused-ring (bicyclic) bond motifs is 2. The highest BCUT2D eigenvalue weighted by molar-refractivity contribution is 6.31. The molecule has 35 heavy (non-hydrogen) atoms. The lowest BCUT2D eigenvalue weighted by Crippen LogP contribution is -2.48. The molecular formula is C28H27N3O4. The Kier molecular flexibility index (Phi) is 6.44. The fourth-order valence-electron chi connectivity index (χ4n) is 4.85. The standard InChI is InChI=1S/C28H27N3O4/c32-17-12-29-25-23(11-10-22-24(25)27(34)21-9-5-4-8-20(21)26(22)33)28(35)31-15-13-30(14-16-31)18-19-6-2-1-3-7-19/h1-11,29,32H,12-18H2. The SMILES string of the molecule is O=C1c2ccccc2C(=O)c2c1ccc(C(=O)N1CCN(Cc3ccccc3)CC1)c2NCCO. The Balaban J connectivity index is 1.41. The van der Waals surface area contributed by atoms with Gasteiger partial charge in [-0.05, 0) is 17.7 Å². The normalized spacial score (nSPS) is 15.5. The van der Waals surface area contributed by atoms with Crippen molar-refractivity contribution in [1.29, 1.82) is 0 Å². The third kappa shape index (κ3) is 4.36. The van der Waals surface area contributed by atoms with Gasteiger partial charge in [0.2, 0.25) is 0 Å². The molecule has 1 aliphatic heterocycles. The van der Waals surface area contributed by atoms with E-state index in [9.17, 15) is 19.5 Å². The number of ketones is 2.